The lowest BCUT2D eigenvalue weighted by atomic mass is 9.66. The van der Waals surface area contributed by atoms with Crippen molar-refractivity contribution in [2.75, 3.05) is 20.8 Å². The van der Waals surface area contributed by atoms with Crippen molar-refractivity contribution in [1.29, 1.82) is 0 Å². The van der Waals surface area contributed by atoms with Crippen molar-refractivity contribution in [2.45, 2.75) is 43.7 Å². The smallest absolute Gasteiger partial charge is 0.254 e. The number of rotatable bonds is 4. The highest BCUT2D eigenvalue weighted by Crippen LogP contribution is 2.51. The van der Waals surface area contributed by atoms with Gasteiger partial charge in [-0.25, -0.2) is 4.39 Å². The van der Waals surface area contributed by atoms with E-state index >= 15 is 0 Å². The number of halogens is 1. The number of hydrogen-bond donors (Lipinski definition) is 1. The number of likely N-dealkylation sites (tertiary alicyclic amines) is 1. The Kier molecular flexibility index (Phi) is 5.69. The third-order valence-corrected chi connectivity index (χ3v) is 6.66. The highest BCUT2D eigenvalue weighted by atomic mass is 19.1. The van der Waals surface area contributed by atoms with Crippen LogP contribution in [0.1, 0.15) is 54.1 Å². The molecule has 0 unspecified atom stereocenters. The first kappa shape index (κ1) is 20.7. The highest BCUT2D eigenvalue weighted by Gasteiger charge is 2.51. The standard InChI is InChI=1S/C24H28FNO4/c1-29-18-9-10-21(30-2)19(15-18)22-20-8-3-4-11-24(20,28)12-13-26(22)23(27)16-6-5-7-17(25)14-16/h5-7,9-10,14-15,20,22,28H,3-4,8,11-13H2,1-2H3/t20-,22-,24-/m0/s1. The number of nitrogens with zero attached hydrogens (tertiary/aromatic N) is 1. The predicted molar refractivity (Wildman–Crippen MR) is 111 cm³/mol. The van der Waals surface area contributed by atoms with E-state index in [4.69, 9.17) is 9.47 Å². The van der Waals surface area contributed by atoms with Gasteiger partial charge in [0, 0.05) is 23.6 Å². The Bertz CT molecular complexity index is 933. The normalized spacial score (nSPS) is 26.1. The van der Waals surface area contributed by atoms with Crippen LogP contribution in [0.25, 0.3) is 0 Å². The number of aliphatic hydroxyl groups is 1. The lowest BCUT2D eigenvalue weighted by molar-refractivity contribution is -0.115. The molecule has 0 bridgehead atoms. The van der Waals surface area contributed by atoms with Gasteiger partial charge >= 0.3 is 0 Å². The fraction of sp³-hybridized carbons (Fsp3) is 0.458. The zero-order chi connectivity index (χ0) is 21.3. The molecule has 2 fully saturated rings. The van der Waals surface area contributed by atoms with Gasteiger partial charge in [0.15, 0.2) is 0 Å². The summed E-state index contributed by atoms with van der Waals surface area (Å²) < 4.78 is 24.9. The van der Waals surface area contributed by atoms with E-state index in [9.17, 15) is 14.3 Å². The molecule has 1 aliphatic carbocycles. The van der Waals surface area contributed by atoms with Crippen LogP contribution < -0.4 is 9.47 Å². The number of fused-ring (bicyclic) bond motifs is 1. The largest absolute Gasteiger partial charge is 0.497 e. The molecule has 0 aromatic heterocycles. The van der Waals surface area contributed by atoms with Crippen LogP contribution in [0.15, 0.2) is 42.5 Å². The van der Waals surface area contributed by atoms with E-state index < -0.39 is 11.4 Å². The van der Waals surface area contributed by atoms with E-state index in [1.54, 1.807) is 31.3 Å². The van der Waals surface area contributed by atoms with Crippen molar-refractivity contribution in [3.8, 4) is 11.5 Å². The highest BCUT2D eigenvalue weighted by molar-refractivity contribution is 5.94. The summed E-state index contributed by atoms with van der Waals surface area (Å²) in [7, 11) is 3.19. The van der Waals surface area contributed by atoms with Crippen molar-refractivity contribution in [3.63, 3.8) is 0 Å². The fourth-order valence-corrected chi connectivity index (χ4v) is 5.15. The summed E-state index contributed by atoms with van der Waals surface area (Å²) in [5.74, 6) is 0.500. The number of benzene rings is 2. The Balaban J connectivity index is 1.82. The van der Waals surface area contributed by atoms with Crippen LogP contribution in [0.4, 0.5) is 4.39 Å². The van der Waals surface area contributed by atoms with Crippen molar-refractivity contribution < 1.29 is 23.8 Å². The number of ether oxygens (including phenoxy) is 2. The van der Waals surface area contributed by atoms with E-state index in [0.29, 0.717) is 30.0 Å². The first-order chi connectivity index (χ1) is 14.5. The fourth-order valence-electron chi connectivity index (χ4n) is 5.15. The quantitative estimate of drug-likeness (QED) is 0.810. The van der Waals surface area contributed by atoms with Crippen LogP contribution in [0.2, 0.25) is 0 Å². The van der Waals surface area contributed by atoms with Crippen LogP contribution in [0.5, 0.6) is 11.5 Å². The number of piperidine rings is 1. The van der Waals surface area contributed by atoms with Crippen LogP contribution in [0.3, 0.4) is 0 Å². The molecule has 1 N–H and O–H groups in total. The number of amides is 1. The Morgan fingerprint density at radius 2 is 1.97 bits per heavy atom. The molecule has 1 saturated heterocycles. The molecule has 6 heteroatoms. The second-order valence-corrected chi connectivity index (χ2v) is 8.27. The molecule has 2 aromatic rings. The van der Waals surface area contributed by atoms with Gasteiger partial charge in [0.25, 0.3) is 5.91 Å². The molecule has 4 rings (SSSR count). The number of carbonyl (C=O) groups is 1. The minimum absolute atomic E-state index is 0.126. The van der Waals surface area contributed by atoms with Crippen molar-refractivity contribution in [1.82, 2.24) is 4.90 Å². The maximum Gasteiger partial charge on any atom is 0.254 e. The monoisotopic (exact) mass is 413 g/mol. The molecule has 1 amide bonds. The zero-order valence-corrected chi connectivity index (χ0v) is 17.4. The molecule has 160 valence electrons. The number of hydrogen-bond acceptors (Lipinski definition) is 4. The van der Waals surface area contributed by atoms with E-state index in [2.05, 4.69) is 0 Å². The maximum absolute atomic E-state index is 13.8. The molecule has 1 heterocycles. The minimum Gasteiger partial charge on any atom is -0.497 e. The summed E-state index contributed by atoms with van der Waals surface area (Å²) in [6, 6.07) is 10.9. The molecule has 3 atom stereocenters. The second kappa shape index (κ2) is 8.26. The first-order valence-electron chi connectivity index (χ1n) is 10.5. The summed E-state index contributed by atoms with van der Waals surface area (Å²) in [6.45, 7) is 0.396. The predicted octanol–water partition coefficient (Wildman–Crippen LogP) is 4.35. The first-order valence-corrected chi connectivity index (χ1v) is 10.5. The Morgan fingerprint density at radius 3 is 2.70 bits per heavy atom. The van der Waals surface area contributed by atoms with E-state index in [1.165, 1.54) is 12.1 Å². The number of carbonyl (C=O) groups excluding carboxylic acids is 1. The molecular formula is C24H28FNO4. The van der Waals surface area contributed by atoms with E-state index in [1.807, 2.05) is 18.2 Å². The van der Waals surface area contributed by atoms with Crippen LogP contribution in [0, 0.1) is 11.7 Å². The summed E-state index contributed by atoms with van der Waals surface area (Å²) in [5.41, 5.74) is 0.296. The van der Waals surface area contributed by atoms with Gasteiger partial charge in [0.05, 0.1) is 25.9 Å². The minimum atomic E-state index is -0.824. The average molecular weight is 413 g/mol. The molecule has 0 radical (unpaired) electrons. The van der Waals surface area contributed by atoms with Gasteiger partial charge in [-0.15, -0.1) is 0 Å². The van der Waals surface area contributed by atoms with Gasteiger partial charge in [-0.3, -0.25) is 4.79 Å². The molecule has 30 heavy (non-hydrogen) atoms. The van der Waals surface area contributed by atoms with Crippen LogP contribution >= 0.6 is 0 Å². The lowest BCUT2D eigenvalue weighted by Crippen LogP contribution is -2.56. The summed E-state index contributed by atoms with van der Waals surface area (Å²) in [6.07, 6.45) is 4.03. The van der Waals surface area contributed by atoms with Gasteiger partial charge in [0.2, 0.25) is 0 Å². The van der Waals surface area contributed by atoms with Crippen molar-refractivity contribution in [3.05, 3.63) is 59.4 Å². The van der Waals surface area contributed by atoms with Crippen molar-refractivity contribution >= 4 is 5.91 Å². The van der Waals surface area contributed by atoms with Crippen LogP contribution in [-0.2, 0) is 0 Å². The second-order valence-electron chi connectivity index (χ2n) is 8.27. The molecule has 2 aliphatic rings. The van der Waals surface area contributed by atoms with Gasteiger partial charge in [-0.1, -0.05) is 18.9 Å². The average Bonchev–Trinajstić information content (AvgIpc) is 2.77. The van der Waals surface area contributed by atoms with Gasteiger partial charge in [-0.05, 0) is 55.7 Å². The molecule has 1 aliphatic heterocycles. The molecule has 2 aromatic carbocycles. The summed E-state index contributed by atoms with van der Waals surface area (Å²) in [4.78, 5) is 15.2. The van der Waals surface area contributed by atoms with Crippen molar-refractivity contribution in [2.24, 2.45) is 5.92 Å². The zero-order valence-electron chi connectivity index (χ0n) is 17.4. The Labute approximate surface area is 176 Å². The van der Waals surface area contributed by atoms with E-state index in [-0.39, 0.29) is 17.9 Å². The molecule has 1 saturated carbocycles. The summed E-state index contributed by atoms with van der Waals surface area (Å²) >= 11 is 0. The third-order valence-electron chi connectivity index (χ3n) is 6.66. The topological polar surface area (TPSA) is 59.0 Å². The Morgan fingerprint density at radius 1 is 1.13 bits per heavy atom. The number of methoxy groups -OCH3 is 2. The summed E-state index contributed by atoms with van der Waals surface area (Å²) in [5, 5.41) is 11.5. The van der Waals surface area contributed by atoms with Gasteiger partial charge in [-0.2, -0.15) is 0 Å². The van der Waals surface area contributed by atoms with Gasteiger partial charge in [0.1, 0.15) is 17.3 Å². The maximum atomic E-state index is 13.8. The molecule has 0 spiro atoms. The molecular weight excluding hydrogens is 385 g/mol. The van der Waals surface area contributed by atoms with Crippen LogP contribution in [-0.4, -0.2) is 42.3 Å². The van der Waals surface area contributed by atoms with E-state index in [0.717, 1.165) is 31.2 Å². The SMILES string of the molecule is COc1ccc(OC)c([C@H]2[C@@H]3CCCC[C@]3(O)CCN2C(=O)c2cccc(F)c2)c1. The third kappa shape index (κ3) is 3.65. The molecule has 5 nitrogen and oxygen atoms in total. The lowest BCUT2D eigenvalue weighted by Gasteiger charge is -2.52. The Hall–Kier alpha value is -2.60. The van der Waals surface area contributed by atoms with Gasteiger partial charge < -0.3 is 19.5 Å².